The van der Waals surface area contributed by atoms with Crippen molar-refractivity contribution >= 4 is 11.9 Å². The second-order valence-corrected chi connectivity index (χ2v) is 5.39. The zero-order valence-electron chi connectivity index (χ0n) is 10.8. The Morgan fingerprint density at radius 3 is 2.67 bits per heavy atom. The van der Waals surface area contributed by atoms with Gasteiger partial charge in [0.1, 0.15) is 0 Å². The van der Waals surface area contributed by atoms with Crippen LogP contribution in [0.4, 0.5) is 0 Å². The molecule has 2 bridgehead atoms. The standard InChI is InChI=1S/C13H22N2O3/c1-2-14-6-5-10(16)15-12-9-4-3-8(7-9)11(12)13(17)18/h8-9,11-12,14H,2-7H2,1H3,(H,15,16)(H,17,18). The van der Waals surface area contributed by atoms with E-state index in [0.29, 0.717) is 18.9 Å². The van der Waals surface area contributed by atoms with Crippen LogP contribution in [-0.2, 0) is 9.59 Å². The van der Waals surface area contributed by atoms with Crippen LogP contribution >= 0.6 is 0 Å². The lowest BCUT2D eigenvalue weighted by Crippen LogP contribution is -2.47. The molecule has 102 valence electrons. The zero-order chi connectivity index (χ0) is 13.1. The maximum Gasteiger partial charge on any atom is 0.308 e. The fourth-order valence-corrected chi connectivity index (χ4v) is 3.49. The number of rotatable bonds is 6. The Labute approximate surface area is 107 Å². The largest absolute Gasteiger partial charge is 0.481 e. The summed E-state index contributed by atoms with van der Waals surface area (Å²) >= 11 is 0. The topological polar surface area (TPSA) is 78.4 Å². The summed E-state index contributed by atoms with van der Waals surface area (Å²) in [5, 5.41) is 15.3. The molecule has 0 spiro atoms. The maximum atomic E-state index is 11.8. The van der Waals surface area contributed by atoms with Crippen LogP contribution in [0.15, 0.2) is 0 Å². The van der Waals surface area contributed by atoms with Crippen molar-refractivity contribution in [3.63, 3.8) is 0 Å². The first-order chi connectivity index (χ1) is 8.63. The molecule has 4 atom stereocenters. The molecule has 5 nitrogen and oxygen atoms in total. The van der Waals surface area contributed by atoms with E-state index in [9.17, 15) is 14.7 Å². The van der Waals surface area contributed by atoms with E-state index in [0.717, 1.165) is 25.8 Å². The molecule has 5 heteroatoms. The van der Waals surface area contributed by atoms with Gasteiger partial charge in [-0.25, -0.2) is 0 Å². The van der Waals surface area contributed by atoms with Crippen LogP contribution in [0.3, 0.4) is 0 Å². The Kier molecular flexibility index (Phi) is 4.22. The van der Waals surface area contributed by atoms with Crippen molar-refractivity contribution in [2.75, 3.05) is 13.1 Å². The van der Waals surface area contributed by atoms with E-state index >= 15 is 0 Å². The summed E-state index contributed by atoms with van der Waals surface area (Å²) in [6.07, 6.45) is 3.46. The summed E-state index contributed by atoms with van der Waals surface area (Å²) in [4.78, 5) is 23.1. The highest BCUT2D eigenvalue weighted by Gasteiger charge is 2.51. The van der Waals surface area contributed by atoms with Crippen LogP contribution in [0.25, 0.3) is 0 Å². The number of hydrogen-bond donors (Lipinski definition) is 3. The third-order valence-electron chi connectivity index (χ3n) is 4.31. The van der Waals surface area contributed by atoms with Crippen molar-refractivity contribution in [3.05, 3.63) is 0 Å². The monoisotopic (exact) mass is 254 g/mol. The van der Waals surface area contributed by atoms with Crippen LogP contribution in [0.2, 0.25) is 0 Å². The van der Waals surface area contributed by atoms with Gasteiger partial charge in [0.25, 0.3) is 0 Å². The molecule has 18 heavy (non-hydrogen) atoms. The van der Waals surface area contributed by atoms with Crippen LogP contribution in [0, 0.1) is 17.8 Å². The molecular weight excluding hydrogens is 232 g/mol. The number of carboxylic acids is 1. The number of fused-ring (bicyclic) bond motifs is 2. The predicted molar refractivity (Wildman–Crippen MR) is 67.0 cm³/mol. The SMILES string of the molecule is CCNCCC(=O)NC1C2CCC(C2)C1C(=O)O. The number of carbonyl (C=O) groups excluding carboxylic acids is 1. The van der Waals surface area contributed by atoms with Crippen molar-refractivity contribution < 1.29 is 14.7 Å². The Morgan fingerprint density at radius 2 is 2.00 bits per heavy atom. The maximum absolute atomic E-state index is 11.8. The second-order valence-electron chi connectivity index (χ2n) is 5.39. The number of nitrogens with one attached hydrogen (secondary N) is 2. The highest BCUT2D eigenvalue weighted by Crippen LogP contribution is 2.48. The molecule has 0 aromatic rings. The van der Waals surface area contributed by atoms with Gasteiger partial charge in [0.15, 0.2) is 0 Å². The first-order valence-corrected chi connectivity index (χ1v) is 6.86. The molecule has 3 N–H and O–H groups in total. The third-order valence-corrected chi connectivity index (χ3v) is 4.31. The van der Waals surface area contributed by atoms with Crippen molar-refractivity contribution in [2.24, 2.45) is 17.8 Å². The third kappa shape index (κ3) is 2.66. The second kappa shape index (κ2) is 5.69. The average molecular weight is 254 g/mol. The highest BCUT2D eigenvalue weighted by molar-refractivity contribution is 5.79. The highest BCUT2D eigenvalue weighted by atomic mass is 16.4. The fraction of sp³-hybridized carbons (Fsp3) is 0.846. The molecule has 1 amide bonds. The van der Waals surface area contributed by atoms with Gasteiger partial charge in [-0.15, -0.1) is 0 Å². The van der Waals surface area contributed by atoms with Gasteiger partial charge in [0, 0.05) is 19.0 Å². The van der Waals surface area contributed by atoms with Gasteiger partial charge in [-0.3, -0.25) is 9.59 Å². The molecule has 0 radical (unpaired) electrons. The Bertz CT molecular complexity index is 332. The van der Waals surface area contributed by atoms with Gasteiger partial charge in [0.05, 0.1) is 5.92 Å². The summed E-state index contributed by atoms with van der Waals surface area (Å²) in [6, 6.07) is -0.143. The zero-order valence-corrected chi connectivity index (χ0v) is 10.8. The minimum absolute atomic E-state index is 0.0280. The average Bonchev–Trinajstić information content (AvgIpc) is 2.89. The molecule has 2 saturated carbocycles. The minimum Gasteiger partial charge on any atom is -0.481 e. The summed E-state index contributed by atoms with van der Waals surface area (Å²) in [5.74, 6) is -0.503. The van der Waals surface area contributed by atoms with E-state index in [1.165, 1.54) is 0 Å². The van der Waals surface area contributed by atoms with E-state index in [1.54, 1.807) is 0 Å². The molecule has 2 aliphatic carbocycles. The molecule has 0 aromatic heterocycles. The number of aliphatic carboxylic acids is 1. The van der Waals surface area contributed by atoms with Crippen molar-refractivity contribution in [2.45, 2.75) is 38.6 Å². The normalized spacial score (nSPS) is 33.6. The summed E-state index contributed by atoms with van der Waals surface area (Å²) in [7, 11) is 0. The first kappa shape index (κ1) is 13.3. The molecule has 2 aliphatic rings. The van der Waals surface area contributed by atoms with Crippen molar-refractivity contribution in [1.29, 1.82) is 0 Å². The molecule has 0 aromatic carbocycles. The van der Waals surface area contributed by atoms with Crippen LogP contribution in [0.1, 0.15) is 32.6 Å². The van der Waals surface area contributed by atoms with Gasteiger partial charge in [0.2, 0.25) is 5.91 Å². The van der Waals surface area contributed by atoms with E-state index < -0.39 is 5.97 Å². The first-order valence-electron chi connectivity index (χ1n) is 6.86. The lowest BCUT2D eigenvalue weighted by molar-refractivity contribution is -0.144. The van der Waals surface area contributed by atoms with E-state index in [1.807, 2.05) is 6.92 Å². The molecule has 2 rings (SSSR count). The Hall–Kier alpha value is -1.10. The van der Waals surface area contributed by atoms with Gasteiger partial charge in [-0.2, -0.15) is 0 Å². The lowest BCUT2D eigenvalue weighted by atomic mass is 9.84. The number of amides is 1. The molecule has 0 aliphatic heterocycles. The minimum atomic E-state index is -0.751. The van der Waals surface area contributed by atoms with Gasteiger partial charge < -0.3 is 15.7 Å². The fourth-order valence-electron chi connectivity index (χ4n) is 3.49. The van der Waals surface area contributed by atoms with Crippen LogP contribution in [0.5, 0.6) is 0 Å². The van der Waals surface area contributed by atoms with E-state index in [-0.39, 0.29) is 23.8 Å². The number of carbonyl (C=O) groups is 2. The van der Waals surface area contributed by atoms with Gasteiger partial charge >= 0.3 is 5.97 Å². The molecular formula is C13H22N2O3. The van der Waals surface area contributed by atoms with E-state index in [4.69, 9.17) is 0 Å². The summed E-state index contributed by atoms with van der Waals surface area (Å²) in [5.41, 5.74) is 0. The molecule has 0 heterocycles. The number of carboxylic acid groups (broad SMARTS) is 1. The quantitative estimate of drug-likeness (QED) is 0.607. The molecule has 4 unspecified atom stereocenters. The van der Waals surface area contributed by atoms with Crippen LogP contribution in [-0.4, -0.2) is 36.1 Å². The predicted octanol–water partition coefficient (Wildman–Crippen LogP) is 0.601. The lowest BCUT2D eigenvalue weighted by Gasteiger charge is -2.28. The summed E-state index contributed by atoms with van der Waals surface area (Å²) in [6.45, 7) is 3.49. The Balaban J connectivity index is 1.87. The smallest absolute Gasteiger partial charge is 0.308 e. The van der Waals surface area contributed by atoms with Gasteiger partial charge in [-0.1, -0.05) is 6.92 Å². The number of hydrogen-bond acceptors (Lipinski definition) is 3. The van der Waals surface area contributed by atoms with Crippen LogP contribution < -0.4 is 10.6 Å². The molecule has 0 saturated heterocycles. The van der Waals surface area contributed by atoms with Crippen molar-refractivity contribution in [1.82, 2.24) is 10.6 Å². The Morgan fingerprint density at radius 1 is 1.28 bits per heavy atom. The van der Waals surface area contributed by atoms with Crippen molar-refractivity contribution in [3.8, 4) is 0 Å². The summed E-state index contributed by atoms with van der Waals surface area (Å²) < 4.78 is 0. The molecule has 2 fully saturated rings. The van der Waals surface area contributed by atoms with Gasteiger partial charge in [-0.05, 0) is 37.6 Å². The van der Waals surface area contributed by atoms with E-state index in [2.05, 4.69) is 10.6 Å².